The first-order valence-corrected chi connectivity index (χ1v) is 12.3. The third-order valence-electron chi connectivity index (χ3n) is 6.31. The fraction of sp³-hybridized carbons (Fsp3) is 0.280. The first kappa shape index (κ1) is 21.9. The van der Waals surface area contributed by atoms with Crippen LogP contribution in [0.2, 0.25) is 0 Å². The van der Waals surface area contributed by atoms with Crippen molar-refractivity contribution in [1.82, 2.24) is 30.0 Å². The molecular formula is C25H24FN7OS. The molecule has 2 aromatic carbocycles. The second-order valence-electron chi connectivity index (χ2n) is 9.14. The number of thiazole rings is 1. The van der Waals surface area contributed by atoms with Crippen molar-refractivity contribution >= 4 is 38.8 Å². The zero-order valence-electron chi connectivity index (χ0n) is 19.5. The summed E-state index contributed by atoms with van der Waals surface area (Å²) in [6.07, 6.45) is 3.43. The largest absolute Gasteiger partial charge is 0.504 e. The smallest absolute Gasteiger partial charge is 0.193 e. The van der Waals surface area contributed by atoms with E-state index in [1.165, 1.54) is 16.0 Å². The molecule has 4 heterocycles. The van der Waals surface area contributed by atoms with Gasteiger partial charge in [0.1, 0.15) is 16.2 Å². The third-order valence-corrected chi connectivity index (χ3v) is 7.09. The number of nitrogens with one attached hydrogen (secondary N) is 1. The van der Waals surface area contributed by atoms with Gasteiger partial charge in [-0.2, -0.15) is 5.10 Å². The monoisotopic (exact) mass is 489 g/mol. The van der Waals surface area contributed by atoms with Crippen LogP contribution in [0.15, 0.2) is 42.0 Å². The van der Waals surface area contributed by atoms with Crippen molar-refractivity contribution in [2.75, 3.05) is 18.0 Å². The highest BCUT2D eigenvalue weighted by Gasteiger charge is 2.24. The normalized spacial score (nSPS) is 18.6. The van der Waals surface area contributed by atoms with E-state index in [9.17, 15) is 9.50 Å². The molecule has 35 heavy (non-hydrogen) atoms. The zero-order chi connectivity index (χ0) is 24.3. The molecule has 1 aliphatic rings. The number of rotatable bonds is 3. The number of phenolic OH excluding ortho intramolecular Hbond substituents is 1. The Labute approximate surface area is 205 Å². The molecule has 5 aromatic rings. The van der Waals surface area contributed by atoms with Gasteiger partial charge in [0.15, 0.2) is 17.4 Å². The number of nitrogens with zero attached hydrogens (tertiary/aromatic N) is 6. The summed E-state index contributed by atoms with van der Waals surface area (Å²) in [7, 11) is 1.71. The highest BCUT2D eigenvalue weighted by Crippen LogP contribution is 2.38. The summed E-state index contributed by atoms with van der Waals surface area (Å²) in [6.45, 7) is 6.18. The molecule has 1 aliphatic heterocycles. The number of hydrogen-bond acceptors (Lipinski definition) is 8. The van der Waals surface area contributed by atoms with Crippen molar-refractivity contribution < 1.29 is 9.50 Å². The number of aromatic hydroxyl groups is 1. The highest BCUT2D eigenvalue weighted by atomic mass is 32.1. The topological polar surface area (TPSA) is 92.0 Å². The van der Waals surface area contributed by atoms with E-state index in [0.717, 1.165) is 29.2 Å². The number of benzene rings is 2. The first-order valence-electron chi connectivity index (χ1n) is 11.4. The number of fused-ring (bicyclic) bond motifs is 2. The summed E-state index contributed by atoms with van der Waals surface area (Å²) in [6, 6.07) is 8.55. The Morgan fingerprint density at radius 3 is 2.69 bits per heavy atom. The van der Waals surface area contributed by atoms with Gasteiger partial charge in [-0.05, 0) is 38.1 Å². The molecule has 1 fully saturated rings. The quantitative estimate of drug-likeness (QED) is 0.390. The average molecular weight is 490 g/mol. The Balaban J connectivity index is 1.54. The molecule has 8 nitrogen and oxygen atoms in total. The lowest BCUT2D eigenvalue weighted by molar-refractivity contribution is 0.407. The fourth-order valence-electron chi connectivity index (χ4n) is 4.88. The van der Waals surface area contributed by atoms with E-state index >= 15 is 0 Å². The van der Waals surface area contributed by atoms with Gasteiger partial charge >= 0.3 is 0 Å². The number of aromatic nitrogens is 5. The molecule has 6 rings (SSSR count). The maximum atomic E-state index is 15.0. The summed E-state index contributed by atoms with van der Waals surface area (Å²) in [4.78, 5) is 16.4. The van der Waals surface area contributed by atoms with Crippen LogP contribution in [-0.2, 0) is 7.05 Å². The van der Waals surface area contributed by atoms with Gasteiger partial charge in [0.05, 0.1) is 11.1 Å². The Morgan fingerprint density at radius 1 is 1.14 bits per heavy atom. The highest BCUT2D eigenvalue weighted by molar-refractivity contribution is 7.13. The SMILES string of the molecule is C[C@@H]1CN(c2ccc3nc(-c4cc5cn(C)nc5c(F)c4O)nc(-c4nccs4)c3c2)C[C@H](C)N1. The van der Waals surface area contributed by atoms with E-state index in [4.69, 9.17) is 9.97 Å². The second kappa shape index (κ2) is 8.24. The molecule has 0 spiro atoms. The van der Waals surface area contributed by atoms with Crippen LogP contribution in [0.5, 0.6) is 5.75 Å². The van der Waals surface area contributed by atoms with E-state index in [1.54, 1.807) is 25.5 Å². The molecule has 3 aromatic heterocycles. The van der Waals surface area contributed by atoms with Crippen LogP contribution >= 0.6 is 11.3 Å². The average Bonchev–Trinajstić information content (AvgIpc) is 3.49. The minimum Gasteiger partial charge on any atom is -0.504 e. The van der Waals surface area contributed by atoms with Gasteiger partial charge in [-0.1, -0.05) is 0 Å². The number of anilines is 1. The van der Waals surface area contributed by atoms with E-state index in [2.05, 4.69) is 46.3 Å². The number of phenols is 1. The molecule has 1 saturated heterocycles. The maximum Gasteiger partial charge on any atom is 0.193 e. The van der Waals surface area contributed by atoms with E-state index < -0.39 is 11.6 Å². The lowest BCUT2D eigenvalue weighted by atomic mass is 10.1. The van der Waals surface area contributed by atoms with Crippen molar-refractivity contribution in [1.29, 1.82) is 0 Å². The number of aryl methyl sites for hydroxylation is 1. The van der Waals surface area contributed by atoms with Gasteiger partial charge < -0.3 is 15.3 Å². The van der Waals surface area contributed by atoms with Gasteiger partial charge in [-0.3, -0.25) is 4.68 Å². The van der Waals surface area contributed by atoms with Crippen LogP contribution in [0.4, 0.5) is 10.1 Å². The maximum absolute atomic E-state index is 15.0. The van der Waals surface area contributed by atoms with E-state index in [1.807, 2.05) is 11.4 Å². The molecule has 178 valence electrons. The Kier molecular flexibility index (Phi) is 5.15. The minimum atomic E-state index is -0.783. The van der Waals surface area contributed by atoms with Crippen LogP contribution in [0.25, 0.3) is 43.9 Å². The van der Waals surface area contributed by atoms with Gasteiger partial charge in [-0.25, -0.2) is 19.3 Å². The number of halogens is 1. The van der Waals surface area contributed by atoms with Gasteiger partial charge in [0, 0.05) is 66.5 Å². The van der Waals surface area contributed by atoms with Crippen LogP contribution in [0.1, 0.15) is 13.8 Å². The standard InChI is InChI=1S/C25H24FN7OS/c1-13-10-33(11-14(2)28-13)16-4-5-19-17(9-16)22(25-27-6-7-35-25)30-24(29-19)18-8-15-12-32(3)31-21(15)20(26)23(18)34/h4-9,12-14,28,34H,10-11H2,1-3H3/t13-,14+. The summed E-state index contributed by atoms with van der Waals surface area (Å²) < 4.78 is 16.5. The van der Waals surface area contributed by atoms with Crippen LogP contribution in [-0.4, -0.2) is 55.0 Å². The zero-order valence-corrected chi connectivity index (χ0v) is 20.3. The predicted molar refractivity (Wildman–Crippen MR) is 136 cm³/mol. The van der Waals surface area contributed by atoms with Crippen molar-refractivity contribution in [3.05, 3.63) is 47.9 Å². The molecule has 0 radical (unpaired) electrons. The van der Waals surface area contributed by atoms with Crippen molar-refractivity contribution in [2.45, 2.75) is 25.9 Å². The fourth-order valence-corrected chi connectivity index (χ4v) is 5.52. The Hall–Kier alpha value is -3.63. The summed E-state index contributed by atoms with van der Waals surface area (Å²) in [5, 5.41) is 22.4. The molecule has 0 bridgehead atoms. The van der Waals surface area contributed by atoms with Crippen molar-refractivity contribution in [3.8, 4) is 27.8 Å². The third kappa shape index (κ3) is 3.78. The Bertz CT molecular complexity index is 1560. The van der Waals surface area contributed by atoms with Crippen molar-refractivity contribution in [2.24, 2.45) is 7.05 Å². The molecule has 10 heteroatoms. The van der Waals surface area contributed by atoms with Crippen molar-refractivity contribution in [3.63, 3.8) is 0 Å². The number of hydrogen-bond donors (Lipinski definition) is 2. The van der Waals surface area contributed by atoms with Crippen LogP contribution in [0, 0.1) is 5.82 Å². The first-order chi connectivity index (χ1) is 16.9. The second-order valence-corrected chi connectivity index (χ2v) is 10.0. The molecular weight excluding hydrogens is 465 g/mol. The van der Waals surface area contributed by atoms with Gasteiger partial charge in [0.25, 0.3) is 0 Å². The lowest BCUT2D eigenvalue weighted by Gasteiger charge is -2.37. The minimum absolute atomic E-state index is 0.110. The molecule has 0 unspecified atom stereocenters. The predicted octanol–water partition coefficient (Wildman–Crippen LogP) is 4.34. The van der Waals surface area contributed by atoms with Crippen LogP contribution in [0.3, 0.4) is 0 Å². The molecule has 0 saturated carbocycles. The van der Waals surface area contributed by atoms with E-state index in [-0.39, 0.29) is 16.9 Å². The summed E-state index contributed by atoms with van der Waals surface area (Å²) in [5.74, 6) is -1.06. The van der Waals surface area contributed by atoms with Gasteiger partial charge in [-0.15, -0.1) is 11.3 Å². The molecule has 2 atom stereocenters. The lowest BCUT2D eigenvalue weighted by Crippen LogP contribution is -2.54. The van der Waals surface area contributed by atoms with Crippen LogP contribution < -0.4 is 10.2 Å². The molecule has 2 N–H and O–H groups in total. The molecule has 0 aliphatic carbocycles. The summed E-state index contributed by atoms with van der Waals surface area (Å²) in [5.41, 5.74) is 2.78. The molecule has 0 amide bonds. The van der Waals surface area contributed by atoms with E-state index in [0.29, 0.717) is 28.7 Å². The Morgan fingerprint density at radius 2 is 1.94 bits per heavy atom. The summed E-state index contributed by atoms with van der Waals surface area (Å²) >= 11 is 1.48. The van der Waals surface area contributed by atoms with Gasteiger partial charge in [0.2, 0.25) is 0 Å². The number of piperazine rings is 1.